The fraction of sp³-hybridized carbons (Fsp3) is 0.833. The zero-order valence-corrected chi connectivity index (χ0v) is 8.93. The van der Waals surface area contributed by atoms with Crippen molar-refractivity contribution in [2.24, 2.45) is 5.73 Å². The SMILES string of the molecule is NCCCC[C@H]([NH][Re])C(=O)O. The summed E-state index contributed by atoms with van der Waals surface area (Å²) in [6.07, 6.45) is 2.45. The van der Waals surface area contributed by atoms with Crippen molar-refractivity contribution in [1.29, 1.82) is 0 Å². The van der Waals surface area contributed by atoms with Crippen LogP contribution in [0.1, 0.15) is 19.3 Å². The van der Waals surface area contributed by atoms with E-state index in [2.05, 4.69) is 3.95 Å². The van der Waals surface area contributed by atoms with Crippen molar-refractivity contribution in [1.82, 2.24) is 3.95 Å². The second kappa shape index (κ2) is 6.74. The van der Waals surface area contributed by atoms with Gasteiger partial charge in [0.15, 0.2) is 0 Å². The first-order valence-corrected chi connectivity index (χ1v) is 4.87. The first kappa shape index (κ1) is 11.1. The van der Waals surface area contributed by atoms with Crippen LogP contribution in [0.25, 0.3) is 0 Å². The van der Waals surface area contributed by atoms with Gasteiger partial charge in [0.25, 0.3) is 0 Å². The number of aliphatic carboxylic acids is 1. The maximum absolute atomic E-state index is 10.4. The Hall–Kier alpha value is 0.0523. The Kier molecular flexibility index (Phi) is 6.78. The number of nitrogens with one attached hydrogen (secondary N) is 1. The van der Waals surface area contributed by atoms with Crippen molar-refractivity contribution < 1.29 is 29.3 Å². The van der Waals surface area contributed by atoms with Gasteiger partial charge in [0.1, 0.15) is 0 Å². The fourth-order valence-electron chi connectivity index (χ4n) is 0.717. The van der Waals surface area contributed by atoms with Gasteiger partial charge in [-0.15, -0.1) is 0 Å². The number of carbonyl (C=O) groups is 1. The molecule has 0 aromatic carbocycles. The van der Waals surface area contributed by atoms with E-state index >= 15 is 0 Å². The van der Waals surface area contributed by atoms with Gasteiger partial charge in [-0.25, -0.2) is 0 Å². The molecule has 0 rings (SSSR count). The molecule has 0 aromatic rings. The van der Waals surface area contributed by atoms with Gasteiger partial charge in [-0.2, -0.15) is 0 Å². The van der Waals surface area contributed by atoms with Crippen LogP contribution < -0.4 is 9.68 Å². The molecule has 4 N–H and O–H groups in total. The predicted molar refractivity (Wildman–Crippen MR) is 37.5 cm³/mol. The number of hydrogen-bond donors (Lipinski definition) is 3. The van der Waals surface area contributed by atoms with E-state index in [1.807, 2.05) is 0 Å². The van der Waals surface area contributed by atoms with Crippen LogP contribution in [0.2, 0.25) is 0 Å². The van der Waals surface area contributed by atoms with Crippen molar-refractivity contribution >= 4 is 5.97 Å². The number of hydrogen-bond acceptors (Lipinski definition) is 3. The fourth-order valence-corrected chi connectivity index (χ4v) is 1.44. The molecule has 5 heteroatoms. The summed E-state index contributed by atoms with van der Waals surface area (Å²) in [6.45, 7) is 0.640. The van der Waals surface area contributed by atoms with E-state index in [1.165, 1.54) is 19.4 Å². The first-order chi connectivity index (χ1) is 5.22. The Morgan fingerprint density at radius 1 is 1.64 bits per heavy atom. The molecule has 0 aliphatic heterocycles. The normalized spacial score (nSPS) is 12.9. The van der Waals surface area contributed by atoms with Gasteiger partial charge < -0.3 is 0 Å². The Labute approximate surface area is 77.2 Å². The number of carboxylic acids is 1. The van der Waals surface area contributed by atoms with E-state index in [0.717, 1.165) is 12.8 Å². The van der Waals surface area contributed by atoms with Crippen LogP contribution in [0, 0.1) is 0 Å². The van der Waals surface area contributed by atoms with E-state index in [9.17, 15) is 4.79 Å². The standard InChI is InChI=1S/C6H13N2O2.Re/c7-4-2-1-3-5(8)6(9)10;/h5,8H,1-4,7H2,(H,9,10);/q-1;+1/t5-;/m0./s1. The quantitative estimate of drug-likeness (QED) is 0.580. The molecule has 0 radical (unpaired) electrons. The molecule has 0 aliphatic carbocycles. The molecule has 0 unspecified atom stereocenters. The number of rotatable bonds is 6. The monoisotopic (exact) mass is 332 g/mol. The summed E-state index contributed by atoms with van der Waals surface area (Å²) in [4.78, 5) is 10.4. The third-order valence-corrected chi connectivity index (χ3v) is 2.32. The van der Waals surface area contributed by atoms with Crippen molar-refractivity contribution in [3.63, 3.8) is 0 Å². The second-order valence-corrected chi connectivity index (χ2v) is 3.07. The number of nitrogens with two attached hydrogens (primary N) is 1. The van der Waals surface area contributed by atoms with Gasteiger partial charge in [-0.1, -0.05) is 0 Å². The molecule has 0 bridgehead atoms. The molecule has 66 valence electrons. The van der Waals surface area contributed by atoms with Crippen molar-refractivity contribution in [3.05, 3.63) is 0 Å². The molecule has 0 aromatic heterocycles. The van der Waals surface area contributed by atoms with Gasteiger partial charge in [-0.3, -0.25) is 0 Å². The summed E-state index contributed by atoms with van der Waals surface area (Å²) in [5.41, 5.74) is 5.27. The van der Waals surface area contributed by atoms with Crippen LogP contribution >= 0.6 is 0 Å². The molecular weight excluding hydrogens is 318 g/mol. The van der Waals surface area contributed by atoms with Crippen LogP contribution in [-0.2, 0) is 24.2 Å². The molecular formula is C6H13N2O2Re. The molecule has 0 amide bonds. The number of unbranched alkanes of at least 4 members (excludes halogenated alkanes) is 1. The summed E-state index contributed by atoms with van der Waals surface area (Å²) < 4.78 is 2.78. The molecule has 1 atom stereocenters. The van der Waals surface area contributed by atoms with Crippen molar-refractivity contribution in [3.8, 4) is 0 Å². The average molecular weight is 331 g/mol. The maximum atomic E-state index is 10.4. The van der Waals surface area contributed by atoms with Crippen LogP contribution in [0.15, 0.2) is 0 Å². The molecule has 0 fully saturated rings. The minimum atomic E-state index is -0.774. The second-order valence-electron chi connectivity index (χ2n) is 2.28. The topological polar surface area (TPSA) is 75.3 Å². The molecule has 4 nitrogen and oxygen atoms in total. The summed E-state index contributed by atoms with van der Waals surface area (Å²) >= 11 is 1.28. The molecule has 0 saturated carbocycles. The predicted octanol–water partition coefficient (Wildman–Crippen LogP) is -0.380. The number of carboxylic acid groups (broad SMARTS) is 1. The average Bonchev–Trinajstić information content (AvgIpc) is 1.97. The van der Waals surface area contributed by atoms with Crippen LogP contribution in [0.4, 0.5) is 0 Å². The van der Waals surface area contributed by atoms with Gasteiger partial charge in [0.05, 0.1) is 0 Å². The summed E-state index contributed by atoms with van der Waals surface area (Å²) in [5, 5.41) is 8.59. The van der Waals surface area contributed by atoms with Crippen LogP contribution in [0.3, 0.4) is 0 Å². The molecule has 11 heavy (non-hydrogen) atoms. The summed E-state index contributed by atoms with van der Waals surface area (Å²) in [5.74, 6) is -0.774. The van der Waals surface area contributed by atoms with E-state index < -0.39 is 12.0 Å². The summed E-state index contributed by atoms with van der Waals surface area (Å²) in [7, 11) is 0. The molecule has 0 aliphatic rings. The van der Waals surface area contributed by atoms with E-state index in [4.69, 9.17) is 10.8 Å². The van der Waals surface area contributed by atoms with Gasteiger partial charge in [-0.05, 0) is 0 Å². The zero-order chi connectivity index (χ0) is 8.69. The van der Waals surface area contributed by atoms with E-state index in [0.29, 0.717) is 13.0 Å². The Morgan fingerprint density at radius 3 is 2.64 bits per heavy atom. The summed E-state index contributed by atoms with van der Waals surface area (Å²) in [6, 6.07) is -0.391. The molecule has 0 saturated heterocycles. The van der Waals surface area contributed by atoms with Gasteiger partial charge in [0.2, 0.25) is 0 Å². The van der Waals surface area contributed by atoms with Crippen LogP contribution in [0.5, 0.6) is 0 Å². The zero-order valence-electron chi connectivity index (χ0n) is 6.22. The Morgan fingerprint density at radius 2 is 2.27 bits per heavy atom. The van der Waals surface area contributed by atoms with E-state index in [-0.39, 0.29) is 0 Å². The third kappa shape index (κ3) is 5.34. The van der Waals surface area contributed by atoms with Gasteiger partial charge in [0, 0.05) is 0 Å². The molecule has 0 spiro atoms. The third-order valence-electron chi connectivity index (χ3n) is 1.38. The minimum absolute atomic E-state index is 0.391. The van der Waals surface area contributed by atoms with E-state index in [1.54, 1.807) is 0 Å². The first-order valence-electron chi connectivity index (χ1n) is 3.51. The van der Waals surface area contributed by atoms with Crippen LogP contribution in [-0.4, -0.2) is 23.7 Å². The molecule has 0 heterocycles. The van der Waals surface area contributed by atoms with Gasteiger partial charge >= 0.3 is 76.9 Å². The Bertz CT molecular complexity index is 121. The van der Waals surface area contributed by atoms with Crippen molar-refractivity contribution in [2.45, 2.75) is 25.3 Å². The Balaban J connectivity index is 3.44. The van der Waals surface area contributed by atoms with Crippen molar-refractivity contribution in [2.75, 3.05) is 6.54 Å².